The highest BCUT2D eigenvalue weighted by Gasteiger charge is 2.28. The van der Waals surface area contributed by atoms with Gasteiger partial charge in [-0.15, -0.1) is 11.6 Å². The highest BCUT2D eigenvalue weighted by atomic mass is 35.5. The smallest absolute Gasteiger partial charge is 0.255 e. The lowest BCUT2D eigenvalue weighted by atomic mass is 10.2. The molecule has 1 atom stereocenters. The number of hydrogen-bond donors (Lipinski definition) is 0. The Hall–Kier alpha value is -0.840. The lowest BCUT2D eigenvalue weighted by Crippen LogP contribution is -2.49. The molecule has 1 aromatic heterocycles. The monoisotopic (exact) mass is 274 g/mol. The largest absolute Gasteiger partial charge is 0.377 e. The van der Waals surface area contributed by atoms with E-state index in [0.717, 1.165) is 0 Å². The molecule has 17 heavy (non-hydrogen) atoms. The normalized spacial score (nSPS) is 20.4. The van der Waals surface area contributed by atoms with Crippen molar-refractivity contribution < 1.29 is 9.53 Å². The van der Waals surface area contributed by atoms with E-state index in [1.807, 2.05) is 0 Å². The minimum Gasteiger partial charge on any atom is -0.377 e. The van der Waals surface area contributed by atoms with Gasteiger partial charge in [0.2, 0.25) is 0 Å². The molecule has 2 rings (SSSR count). The molecule has 92 valence electrons. The molecule has 0 saturated carbocycles. The Morgan fingerprint density at radius 3 is 3.18 bits per heavy atom. The van der Waals surface area contributed by atoms with Crippen LogP contribution < -0.4 is 0 Å². The zero-order valence-corrected chi connectivity index (χ0v) is 10.6. The SMILES string of the molecule is O=C(c1ccncc1Cl)N1CCOCC1CCl. The van der Waals surface area contributed by atoms with Crippen LogP contribution in [-0.4, -0.2) is 47.5 Å². The number of halogens is 2. The van der Waals surface area contributed by atoms with E-state index in [1.54, 1.807) is 17.2 Å². The zero-order valence-electron chi connectivity index (χ0n) is 9.10. The van der Waals surface area contributed by atoms with Crippen LogP contribution in [0.1, 0.15) is 10.4 Å². The average molecular weight is 275 g/mol. The van der Waals surface area contributed by atoms with Crippen LogP contribution in [0.3, 0.4) is 0 Å². The lowest BCUT2D eigenvalue weighted by Gasteiger charge is -2.34. The second-order valence-corrected chi connectivity index (χ2v) is 4.45. The van der Waals surface area contributed by atoms with E-state index in [0.29, 0.717) is 36.2 Å². The lowest BCUT2D eigenvalue weighted by molar-refractivity contribution is 0.00456. The summed E-state index contributed by atoms with van der Waals surface area (Å²) in [4.78, 5) is 17.9. The van der Waals surface area contributed by atoms with Gasteiger partial charge in [0, 0.05) is 24.8 Å². The third kappa shape index (κ3) is 2.70. The average Bonchev–Trinajstić information content (AvgIpc) is 2.38. The topological polar surface area (TPSA) is 42.4 Å². The molecule has 1 fully saturated rings. The first-order valence-electron chi connectivity index (χ1n) is 5.28. The van der Waals surface area contributed by atoms with Crippen molar-refractivity contribution >= 4 is 29.1 Å². The number of rotatable bonds is 2. The van der Waals surface area contributed by atoms with Crippen molar-refractivity contribution in [1.82, 2.24) is 9.88 Å². The van der Waals surface area contributed by atoms with E-state index in [9.17, 15) is 4.79 Å². The van der Waals surface area contributed by atoms with Gasteiger partial charge in [-0.1, -0.05) is 11.6 Å². The summed E-state index contributed by atoms with van der Waals surface area (Å²) in [5.74, 6) is 0.236. The van der Waals surface area contributed by atoms with Crippen LogP contribution in [0.2, 0.25) is 5.02 Å². The predicted octanol–water partition coefficient (Wildman–Crippen LogP) is 1.81. The Balaban J connectivity index is 2.21. The zero-order chi connectivity index (χ0) is 12.3. The molecule has 0 aromatic carbocycles. The van der Waals surface area contributed by atoms with Gasteiger partial charge >= 0.3 is 0 Å². The van der Waals surface area contributed by atoms with Crippen molar-refractivity contribution in [3.8, 4) is 0 Å². The fourth-order valence-corrected chi connectivity index (χ4v) is 2.21. The van der Waals surface area contributed by atoms with Crippen LogP contribution in [0, 0.1) is 0 Å². The summed E-state index contributed by atoms with van der Waals surface area (Å²) < 4.78 is 5.30. The summed E-state index contributed by atoms with van der Waals surface area (Å²) in [6, 6.07) is 1.52. The summed E-state index contributed by atoms with van der Waals surface area (Å²) in [6.45, 7) is 1.54. The van der Waals surface area contributed by atoms with E-state index < -0.39 is 0 Å². The van der Waals surface area contributed by atoms with E-state index >= 15 is 0 Å². The molecule has 4 nitrogen and oxygen atoms in total. The van der Waals surface area contributed by atoms with Gasteiger partial charge in [-0.2, -0.15) is 0 Å². The molecular formula is C11H12Cl2N2O2. The Kier molecular flexibility index (Phi) is 4.20. The second-order valence-electron chi connectivity index (χ2n) is 3.74. The van der Waals surface area contributed by atoms with Crippen LogP contribution in [0.25, 0.3) is 0 Å². The predicted molar refractivity (Wildman–Crippen MR) is 65.6 cm³/mol. The number of hydrogen-bond acceptors (Lipinski definition) is 3. The summed E-state index contributed by atoms with van der Waals surface area (Å²) in [6.07, 6.45) is 3.01. The number of carbonyl (C=O) groups excluding carboxylic acids is 1. The van der Waals surface area contributed by atoms with Crippen LogP contribution in [0.5, 0.6) is 0 Å². The van der Waals surface area contributed by atoms with Crippen molar-refractivity contribution in [1.29, 1.82) is 0 Å². The number of nitrogens with zero attached hydrogens (tertiary/aromatic N) is 2. The van der Waals surface area contributed by atoms with Crippen LogP contribution in [-0.2, 0) is 4.74 Å². The van der Waals surface area contributed by atoms with Gasteiger partial charge in [-0.3, -0.25) is 9.78 Å². The highest BCUT2D eigenvalue weighted by Crippen LogP contribution is 2.19. The molecule has 6 heteroatoms. The first kappa shape index (κ1) is 12.6. The number of alkyl halides is 1. The molecule has 1 amide bonds. The van der Waals surface area contributed by atoms with Crippen molar-refractivity contribution in [2.24, 2.45) is 0 Å². The summed E-state index contributed by atoms with van der Waals surface area (Å²) in [5.41, 5.74) is 0.457. The third-order valence-electron chi connectivity index (χ3n) is 2.67. The van der Waals surface area contributed by atoms with Crippen LogP contribution in [0.15, 0.2) is 18.5 Å². The minimum absolute atomic E-state index is 0.0952. The molecule has 0 N–H and O–H groups in total. The van der Waals surface area contributed by atoms with Gasteiger partial charge in [0.05, 0.1) is 29.8 Å². The van der Waals surface area contributed by atoms with Crippen molar-refractivity contribution in [3.63, 3.8) is 0 Å². The third-order valence-corrected chi connectivity index (χ3v) is 3.33. The molecule has 2 heterocycles. The molecule has 0 spiro atoms. The minimum atomic E-state index is -0.119. The van der Waals surface area contributed by atoms with Crippen molar-refractivity contribution in [2.75, 3.05) is 25.6 Å². The fourth-order valence-electron chi connectivity index (χ4n) is 1.75. The Bertz CT molecular complexity index is 414. The molecule has 0 bridgehead atoms. The Labute approximate surface area is 109 Å². The Morgan fingerprint density at radius 1 is 1.65 bits per heavy atom. The number of carbonyl (C=O) groups is 1. The second kappa shape index (κ2) is 5.67. The number of pyridine rings is 1. The van der Waals surface area contributed by atoms with Crippen molar-refractivity contribution in [3.05, 3.63) is 29.0 Å². The number of aromatic nitrogens is 1. The van der Waals surface area contributed by atoms with Crippen LogP contribution >= 0.6 is 23.2 Å². The standard InChI is InChI=1S/C11H12Cl2N2O2/c12-5-8-7-17-4-3-15(8)11(16)9-1-2-14-6-10(9)13/h1-2,6,8H,3-5,7H2. The molecule has 1 saturated heterocycles. The van der Waals surface area contributed by atoms with Gasteiger partial charge in [-0.05, 0) is 6.07 Å². The summed E-state index contributed by atoms with van der Waals surface area (Å²) in [7, 11) is 0. The molecule has 1 aliphatic heterocycles. The maximum absolute atomic E-state index is 12.3. The maximum atomic E-state index is 12.3. The van der Waals surface area contributed by atoms with Crippen molar-refractivity contribution in [2.45, 2.75) is 6.04 Å². The van der Waals surface area contributed by atoms with Gasteiger partial charge in [-0.25, -0.2) is 0 Å². The van der Waals surface area contributed by atoms with Gasteiger partial charge in [0.15, 0.2) is 0 Å². The van der Waals surface area contributed by atoms with Crippen LogP contribution in [0.4, 0.5) is 0 Å². The molecular weight excluding hydrogens is 263 g/mol. The van der Waals surface area contributed by atoms with Gasteiger partial charge in [0.1, 0.15) is 0 Å². The number of amides is 1. The molecule has 0 radical (unpaired) electrons. The van der Waals surface area contributed by atoms with E-state index in [4.69, 9.17) is 27.9 Å². The van der Waals surface area contributed by atoms with E-state index in [-0.39, 0.29) is 11.9 Å². The fraction of sp³-hybridized carbons (Fsp3) is 0.455. The Morgan fingerprint density at radius 2 is 2.47 bits per heavy atom. The van der Waals surface area contributed by atoms with E-state index in [1.165, 1.54) is 6.20 Å². The molecule has 0 aliphatic carbocycles. The number of ether oxygens (including phenoxy) is 1. The molecule has 1 aromatic rings. The molecule has 1 unspecified atom stereocenters. The number of morpholine rings is 1. The first-order chi connectivity index (χ1) is 8.24. The first-order valence-corrected chi connectivity index (χ1v) is 6.19. The maximum Gasteiger partial charge on any atom is 0.255 e. The summed E-state index contributed by atoms with van der Waals surface area (Å²) in [5, 5.41) is 0.359. The quantitative estimate of drug-likeness (QED) is 0.773. The molecule has 1 aliphatic rings. The highest BCUT2D eigenvalue weighted by molar-refractivity contribution is 6.33. The van der Waals surface area contributed by atoms with Gasteiger partial charge in [0.25, 0.3) is 5.91 Å². The summed E-state index contributed by atoms with van der Waals surface area (Å²) >= 11 is 11.8. The van der Waals surface area contributed by atoms with E-state index in [2.05, 4.69) is 4.98 Å². The van der Waals surface area contributed by atoms with Gasteiger partial charge < -0.3 is 9.64 Å².